The lowest BCUT2D eigenvalue weighted by atomic mass is 9.91. The maximum atomic E-state index is 10.7. The number of para-hydroxylation sites is 1. The Morgan fingerprint density at radius 2 is 1.76 bits per heavy atom. The van der Waals surface area contributed by atoms with Crippen LogP contribution in [0, 0.1) is 6.92 Å². The number of phenolic OH excluding ortho intramolecular Hbond substituents is 1. The fraction of sp³-hybridized carbons (Fsp3) is 0.429. The molecule has 0 aromatic heterocycles. The number of rotatable bonds is 7. The number of ether oxygens (including phenoxy) is 1. The number of hydrogen-bond donors (Lipinski definition) is 2. The van der Waals surface area contributed by atoms with Gasteiger partial charge in [0.25, 0.3) is 0 Å². The second kappa shape index (κ2) is 8.21. The first kappa shape index (κ1) is 19.8. The summed E-state index contributed by atoms with van der Waals surface area (Å²) in [5.74, 6) is 0.738. The summed E-state index contributed by atoms with van der Waals surface area (Å²) in [5.41, 5.74) is 3.09. The third-order valence-electron chi connectivity index (χ3n) is 5.06. The largest absolute Gasteiger partial charge is 0.504 e. The van der Waals surface area contributed by atoms with Crippen LogP contribution < -0.4 is 10.0 Å². The highest BCUT2D eigenvalue weighted by molar-refractivity contribution is 7.48. The number of aromatic hydroxyl groups is 1. The molecule has 2 atom stereocenters. The molecule has 3 nitrogen and oxygen atoms in total. The highest BCUT2D eigenvalue weighted by Gasteiger charge is 2.34. The van der Waals surface area contributed by atoms with E-state index in [4.69, 9.17) is 4.74 Å². The van der Waals surface area contributed by atoms with E-state index in [1.807, 2.05) is 31.2 Å². The molecule has 2 unspecified atom stereocenters. The van der Waals surface area contributed by atoms with Gasteiger partial charge in [-0.05, 0) is 49.2 Å². The van der Waals surface area contributed by atoms with Crippen LogP contribution in [-0.4, -0.2) is 17.3 Å². The van der Waals surface area contributed by atoms with Crippen molar-refractivity contribution in [2.24, 2.45) is 0 Å². The van der Waals surface area contributed by atoms with Crippen LogP contribution in [0.5, 0.6) is 11.5 Å². The number of aliphatic hydroxyl groups excluding tert-OH is 1. The van der Waals surface area contributed by atoms with Gasteiger partial charge >= 0.3 is 0 Å². The molecule has 0 radical (unpaired) electrons. The Kier molecular flexibility index (Phi) is 6.48. The zero-order chi connectivity index (χ0) is 18.6. The molecule has 2 rings (SSSR count). The Bertz CT molecular complexity index is 721. The van der Waals surface area contributed by atoms with Crippen molar-refractivity contribution in [3.8, 4) is 11.5 Å². The Morgan fingerprint density at radius 1 is 1.12 bits per heavy atom. The molecule has 2 aromatic carbocycles. The summed E-state index contributed by atoms with van der Waals surface area (Å²) < 4.78 is 5.32. The molecular weight excluding hydrogens is 331 g/mol. The molecule has 0 saturated carbocycles. The predicted octanol–water partition coefficient (Wildman–Crippen LogP) is 4.78. The molecule has 4 heteroatoms. The molecule has 25 heavy (non-hydrogen) atoms. The van der Waals surface area contributed by atoms with Crippen molar-refractivity contribution in [2.75, 3.05) is 7.11 Å². The molecule has 136 valence electrons. The first-order valence-electron chi connectivity index (χ1n) is 8.82. The molecule has 0 aliphatic heterocycles. The van der Waals surface area contributed by atoms with E-state index in [1.165, 1.54) is 10.9 Å². The van der Waals surface area contributed by atoms with Crippen molar-refractivity contribution < 1.29 is 14.9 Å². The van der Waals surface area contributed by atoms with Gasteiger partial charge in [0.15, 0.2) is 11.5 Å². The van der Waals surface area contributed by atoms with Crippen LogP contribution in [0.2, 0.25) is 0 Å². The molecular formula is C21H29O3P. The van der Waals surface area contributed by atoms with Gasteiger partial charge in [0.05, 0.1) is 13.2 Å². The van der Waals surface area contributed by atoms with E-state index < -0.39 is 6.10 Å². The van der Waals surface area contributed by atoms with Crippen LogP contribution in [0.3, 0.4) is 0 Å². The van der Waals surface area contributed by atoms with Gasteiger partial charge in [0.2, 0.25) is 0 Å². The predicted molar refractivity (Wildman–Crippen MR) is 107 cm³/mol. The normalized spacial score (nSPS) is 13.4. The van der Waals surface area contributed by atoms with E-state index in [0.29, 0.717) is 14.3 Å². The Labute approximate surface area is 152 Å². The summed E-state index contributed by atoms with van der Waals surface area (Å²) in [4.78, 5) is 0. The van der Waals surface area contributed by atoms with Crippen LogP contribution in [0.4, 0.5) is 0 Å². The van der Waals surface area contributed by atoms with Gasteiger partial charge in [0.1, 0.15) is 0 Å². The summed E-state index contributed by atoms with van der Waals surface area (Å²) in [5, 5.41) is 22.0. The molecule has 0 saturated heterocycles. The number of phenols is 1. The fourth-order valence-corrected chi connectivity index (χ4v) is 5.28. The number of aryl methyl sites for hydroxylation is 1. The average molecular weight is 360 g/mol. The summed E-state index contributed by atoms with van der Waals surface area (Å²) in [7, 11) is 2.03. The molecule has 0 aliphatic carbocycles. The van der Waals surface area contributed by atoms with Crippen LogP contribution in [0.1, 0.15) is 56.4 Å². The van der Waals surface area contributed by atoms with Crippen molar-refractivity contribution in [2.45, 2.75) is 51.8 Å². The minimum atomic E-state index is -0.507. The zero-order valence-corrected chi connectivity index (χ0v) is 16.8. The zero-order valence-electron chi connectivity index (χ0n) is 15.8. The van der Waals surface area contributed by atoms with Gasteiger partial charge in [0, 0.05) is 10.7 Å². The van der Waals surface area contributed by atoms with Crippen molar-refractivity contribution >= 4 is 13.9 Å². The lowest BCUT2D eigenvalue weighted by Crippen LogP contribution is -2.25. The monoisotopic (exact) mass is 360 g/mol. The Hall–Kier alpha value is -1.57. The molecule has 2 N–H and O–H groups in total. The van der Waals surface area contributed by atoms with Gasteiger partial charge < -0.3 is 14.9 Å². The molecule has 0 amide bonds. The van der Waals surface area contributed by atoms with Gasteiger partial charge in [-0.2, -0.15) is 0 Å². The van der Waals surface area contributed by atoms with Gasteiger partial charge in [-0.15, -0.1) is 0 Å². The molecule has 0 spiro atoms. The summed E-state index contributed by atoms with van der Waals surface area (Å²) in [6.45, 7) is 8.23. The highest BCUT2D eigenvalue weighted by Crippen LogP contribution is 2.52. The lowest BCUT2D eigenvalue weighted by Gasteiger charge is -2.35. The van der Waals surface area contributed by atoms with Crippen LogP contribution in [0.25, 0.3) is 0 Å². The molecule has 0 aliphatic rings. The first-order chi connectivity index (χ1) is 11.9. The van der Waals surface area contributed by atoms with Crippen molar-refractivity contribution in [1.82, 2.24) is 0 Å². The second-order valence-corrected chi connectivity index (χ2v) is 8.19. The van der Waals surface area contributed by atoms with E-state index in [2.05, 4.69) is 26.8 Å². The quantitative estimate of drug-likeness (QED) is 0.699. The van der Waals surface area contributed by atoms with Crippen molar-refractivity contribution in [3.63, 3.8) is 0 Å². The van der Waals surface area contributed by atoms with Crippen LogP contribution in [-0.2, 0) is 5.16 Å². The smallest absolute Gasteiger partial charge is 0.161 e. The minimum Gasteiger partial charge on any atom is -0.504 e. The van der Waals surface area contributed by atoms with E-state index in [-0.39, 0.29) is 10.9 Å². The number of aliphatic hydroxyl groups is 1. The first-order valence-corrected chi connectivity index (χ1v) is 9.82. The minimum absolute atomic E-state index is 0.186. The van der Waals surface area contributed by atoms with E-state index >= 15 is 0 Å². The average Bonchev–Trinajstić information content (AvgIpc) is 2.61. The van der Waals surface area contributed by atoms with E-state index in [9.17, 15) is 10.2 Å². The second-order valence-electron chi connectivity index (χ2n) is 6.49. The van der Waals surface area contributed by atoms with E-state index in [1.54, 1.807) is 13.2 Å². The van der Waals surface area contributed by atoms with Crippen molar-refractivity contribution in [1.29, 1.82) is 0 Å². The molecule has 2 aromatic rings. The Balaban J connectivity index is 2.60. The van der Waals surface area contributed by atoms with Gasteiger partial charge in [-0.25, -0.2) is 0 Å². The maximum absolute atomic E-state index is 10.7. The number of hydrogen-bond acceptors (Lipinski definition) is 3. The third-order valence-corrected chi connectivity index (χ3v) is 7.45. The van der Waals surface area contributed by atoms with Crippen molar-refractivity contribution in [3.05, 3.63) is 53.1 Å². The SMILES string of the molecule is CCC(CC)(Pc1c(C)cccc1C(C)O)c1cccc(OC)c1O. The third kappa shape index (κ3) is 3.83. The fourth-order valence-electron chi connectivity index (χ4n) is 3.40. The molecule has 0 bridgehead atoms. The summed E-state index contributed by atoms with van der Waals surface area (Å²) >= 11 is 0. The standard InChI is InChI=1S/C21H29O3P/c1-6-21(7-2,17-12-9-13-18(24-5)19(17)23)25-20-14(3)10-8-11-16(20)15(4)22/h8-13,15,22-23,25H,6-7H2,1-5H3. The van der Waals surface area contributed by atoms with Gasteiger partial charge in [-0.3, -0.25) is 0 Å². The van der Waals surface area contributed by atoms with Gasteiger partial charge in [-0.1, -0.05) is 52.8 Å². The highest BCUT2D eigenvalue weighted by atomic mass is 31.1. The Morgan fingerprint density at radius 3 is 2.32 bits per heavy atom. The number of benzene rings is 2. The summed E-state index contributed by atoms with van der Waals surface area (Å²) in [6, 6.07) is 11.8. The van der Waals surface area contributed by atoms with E-state index in [0.717, 1.165) is 24.0 Å². The maximum Gasteiger partial charge on any atom is 0.161 e. The van der Waals surface area contributed by atoms with Crippen LogP contribution >= 0.6 is 8.58 Å². The number of methoxy groups -OCH3 is 1. The van der Waals surface area contributed by atoms with Crippen LogP contribution in [0.15, 0.2) is 36.4 Å². The topological polar surface area (TPSA) is 49.7 Å². The molecule has 0 heterocycles. The lowest BCUT2D eigenvalue weighted by molar-refractivity contribution is 0.200. The summed E-state index contributed by atoms with van der Waals surface area (Å²) in [6.07, 6.45) is 1.29. The molecule has 0 fully saturated rings.